The Morgan fingerprint density at radius 3 is 2.56 bits per heavy atom. The Labute approximate surface area is 187 Å². The van der Waals surface area contributed by atoms with Crippen molar-refractivity contribution in [3.8, 4) is 11.3 Å². The van der Waals surface area contributed by atoms with Crippen LogP contribution in [0.25, 0.3) is 11.3 Å². The molecule has 3 aromatic rings. The number of anilines is 2. The van der Waals surface area contributed by atoms with Crippen LogP contribution in [-0.2, 0) is 9.53 Å². The largest absolute Gasteiger partial charge is 0.465 e. The average Bonchev–Trinajstić information content (AvgIpc) is 2.84. The minimum atomic E-state index is -0.477. The summed E-state index contributed by atoms with van der Waals surface area (Å²) in [5.41, 5.74) is 3.85. The molecule has 1 amide bonds. The van der Waals surface area contributed by atoms with E-state index < -0.39 is 5.97 Å². The van der Waals surface area contributed by atoms with E-state index in [1.54, 1.807) is 24.3 Å². The highest BCUT2D eigenvalue weighted by Crippen LogP contribution is 2.26. The van der Waals surface area contributed by atoms with Gasteiger partial charge in [0.15, 0.2) is 5.82 Å². The minimum absolute atomic E-state index is 0.115. The minimum Gasteiger partial charge on any atom is -0.465 e. The number of benzene rings is 2. The van der Waals surface area contributed by atoms with Crippen molar-refractivity contribution in [1.82, 2.24) is 10.2 Å². The number of carbonyl (C=O) groups is 2. The number of para-hydroxylation sites is 1. The van der Waals surface area contributed by atoms with E-state index in [9.17, 15) is 9.59 Å². The zero-order valence-corrected chi connectivity index (χ0v) is 18.2. The number of rotatable bonds is 5. The van der Waals surface area contributed by atoms with Gasteiger partial charge in [-0.25, -0.2) is 4.79 Å². The van der Waals surface area contributed by atoms with Crippen molar-refractivity contribution in [1.29, 1.82) is 0 Å². The Kier molecular flexibility index (Phi) is 6.44. The summed E-state index contributed by atoms with van der Waals surface area (Å²) in [6.45, 7) is 3.42. The molecule has 1 atom stereocenters. The van der Waals surface area contributed by atoms with Gasteiger partial charge in [-0.1, -0.05) is 36.4 Å². The average molecular weight is 431 g/mol. The molecule has 0 radical (unpaired) electrons. The first kappa shape index (κ1) is 21.5. The Hall–Kier alpha value is -3.74. The molecule has 2 aromatic carbocycles. The van der Waals surface area contributed by atoms with Crippen LogP contribution in [0.5, 0.6) is 0 Å². The van der Waals surface area contributed by atoms with Gasteiger partial charge in [0.05, 0.1) is 30.0 Å². The number of nitrogens with zero attached hydrogens (tertiary/aromatic N) is 3. The molecule has 164 valence electrons. The van der Waals surface area contributed by atoms with Gasteiger partial charge in [0, 0.05) is 18.7 Å². The Balaban J connectivity index is 1.45. The SMILES string of the molecule is COC(=O)c1ccccc1NC(=O)C1CCCN(c2ccc(-c3ccccc3C)nn2)C1. The van der Waals surface area contributed by atoms with E-state index in [-0.39, 0.29) is 11.8 Å². The van der Waals surface area contributed by atoms with Gasteiger partial charge in [0.1, 0.15) is 0 Å². The van der Waals surface area contributed by atoms with Crippen LogP contribution in [0, 0.1) is 12.8 Å². The molecular weight excluding hydrogens is 404 g/mol. The molecule has 0 saturated carbocycles. The summed E-state index contributed by atoms with van der Waals surface area (Å²) in [5.74, 6) is -0.0483. The quantitative estimate of drug-likeness (QED) is 0.614. The molecule has 1 saturated heterocycles. The van der Waals surface area contributed by atoms with Crippen LogP contribution < -0.4 is 10.2 Å². The normalized spacial score (nSPS) is 15.8. The van der Waals surface area contributed by atoms with Crippen LogP contribution in [0.2, 0.25) is 0 Å². The van der Waals surface area contributed by atoms with E-state index in [2.05, 4.69) is 33.4 Å². The van der Waals surface area contributed by atoms with Crippen molar-refractivity contribution in [2.75, 3.05) is 30.4 Å². The third-order valence-electron chi connectivity index (χ3n) is 5.78. The van der Waals surface area contributed by atoms with Gasteiger partial charge >= 0.3 is 5.97 Å². The maximum atomic E-state index is 13.0. The number of piperidine rings is 1. The molecule has 1 aliphatic heterocycles. The summed E-state index contributed by atoms with van der Waals surface area (Å²) in [7, 11) is 1.32. The number of nitrogens with one attached hydrogen (secondary N) is 1. The number of ether oxygens (including phenoxy) is 1. The smallest absolute Gasteiger partial charge is 0.339 e. The molecule has 0 aliphatic carbocycles. The molecule has 7 nitrogen and oxygen atoms in total. The predicted octanol–water partition coefficient (Wildman–Crippen LogP) is 4.09. The molecule has 2 heterocycles. The summed E-state index contributed by atoms with van der Waals surface area (Å²) in [6.07, 6.45) is 1.65. The van der Waals surface area contributed by atoms with E-state index in [1.165, 1.54) is 7.11 Å². The number of aryl methyl sites for hydroxylation is 1. The molecule has 1 fully saturated rings. The van der Waals surface area contributed by atoms with Crippen molar-refractivity contribution in [2.45, 2.75) is 19.8 Å². The predicted molar refractivity (Wildman–Crippen MR) is 124 cm³/mol. The first-order chi connectivity index (χ1) is 15.6. The molecule has 7 heteroatoms. The molecule has 0 spiro atoms. The molecule has 1 aromatic heterocycles. The molecular formula is C25H26N4O3. The number of aromatic nitrogens is 2. The third kappa shape index (κ3) is 4.61. The first-order valence-electron chi connectivity index (χ1n) is 10.7. The van der Waals surface area contributed by atoms with E-state index >= 15 is 0 Å². The van der Waals surface area contributed by atoms with Crippen molar-refractivity contribution >= 4 is 23.4 Å². The van der Waals surface area contributed by atoms with Gasteiger partial charge in [0.2, 0.25) is 5.91 Å². The number of hydrogen-bond donors (Lipinski definition) is 1. The van der Waals surface area contributed by atoms with Crippen LogP contribution >= 0.6 is 0 Å². The number of amides is 1. The maximum absolute atomic E-state index is 13.0. The fourth-order valence-corrected chi connectivity index (χ4v) is 4.01. The molecule has 4 rings (SSSR count). The van der Waals surface area contributed by atoms with E-state index in [1.807, 2.05) is 30.3 Å². The van der Waals surface area contributed by atoms with Gasteiger partial charge in [-0.3, -0.25) is 4.79 Å². The van der Waals surface area contributed by atoms with Gasteiger partial charge in [0.25, 0.3) is 0 Å². The summed E-state index contributed by atoms with van der Waals surface area (Å²) < 4.78 is 4.81. The zero-order chi connectivity index (χ0) is 22.5. The van der Waals surface area contributed by atoms with Crippen molar-refractivity contribution in [3.05, 3.63) is 71.8 Å². The number of methoxy groups -OCH3 is 1. The first-order valence-corrected chi connectivity index (χ1v) is 10.7. The monoisotopic (exact) mass is 430 g/mol. The second-order valence-electron chi connectivity index (χ2n) is 7.90. The van der Waals surface area contributed by atoms with Crippen LogP contribution in [0.3, 0.4) is 0 Å². The number of esters is 1. The zero-order valence-electron chi connectivity index (χ0n) is 18.2. The van der Waals surface area contributed by atoms with Crippen LogP contribution in [0.4, 0.5) is 11.5 Å². The third-order valence-corrected chi connectivity index (χ3v) is 5.78. The molecule has 1 N–H and O–H groups in total. The van der Waals surface area contributed by atoms with Gasteiger partial charge in [-0.2, -0.15) is 0 Å². The van der Waals surface area contributed by atoms with E-state index in [0.717, 1.165) is 42.0 Å². The molecule has 1 unspecified atom stereocenters. The number of carbonyl (C=O) groups excluding carboxylic acids is 2. The highest BCUT2D eigenvalue weighted by atomic mass is 16.5. The second kappa shape index (κ2) is 9.60. The van der Waals surface area contributed by atoms with Crippen molar-refractivity contribution in [3.63, 3.8) is 0 Å². The van der Waals surface area contributed by atoms with Crippen molar-refractivity contribution in [2.24, 2.45) is 5.92 Å². The highest BCUT2D eigenvalue weighted by molar-refractivity contribution is 6.02. The molecule has 32 heavy (non-hydrogen) atoms. The van der Waals surface area contributed by atoms with Gasteiger partial charge < -0.3 is 15.0 Å². The van der Waals surface area contributed by atoms with E-state index in [4.69, 9.17) is 4.74 Å². The molecule has 1 aliphatic rings. The van der Waals surface area contributed by atoms with Crippen LogP contribution in [0.15, 0.2) is 60.7 Å². The lowest BCUT2D eigenvalue weighted by molar-refractivity contribution is -0.120. The van der Waals surface area contributed by atoms with Crippen LogP contribution in [0.1, 0.15) is 28.8 Å². The topological polar surface area (TPSA) is 84.4 Å². The van der Waals surface area contributed by atoms with Gasteiger partial charge in [-0.15, -0.1) is 10.2 Å². The summed E-state index contributed by atoms with van der Waals surface area (Å²) in [4.78, 5) is 27.0. The summed E-state index contributed by atoms with van der Waals surface area (Å²) >= 11 is 0. The van der Waals surface area contributed by atoms with Gasteiger partial charge in [-0.05, 0) is 49.6 Å². The maximum Gasteiger partial charge on any atom is 0.339 e. The standard InChI is InChI=1S/C25H26N4O3/c1-17-8-3-4-10-19(17)22-13-14-23(28-27-22)29-15-7-9-18(16-29)24(30)26-21-12-6-5-11-20(21)25(31)32-2/h3-6,8,10-14,18H,7,9,15-16H2,1-2H3,(H,26,30). The number of hydrogen-bond acceptors (Lipinski definition) is 6. The van der Waals surface area contributed by atoms with Crippen molar-refractivity contribution < 1.29 is 14.3 Å². The lowest BCUT2D eigenvalue weighted by Gasteiger charge is -2.32. The lowest BCUT2D eigenvalue weighted by Crippen LogP contribution is -2.41. The van der Waals surface area contributed by atoms with Crippen LogP contribution in [-0.4, -0.2) is 42.3 Å². The Morgan fingerprint density at radius 2 is 1.81 bits per heavy atom. The Bertz CT molecular complexity index is 1110. The fraction of sp³-hybridized carbons (Fsp3) is 0.280. The van der Waals surface area contributed by atoms with E-state index in [0.29, 0.717) is 17.8 Å². The fourth-order valence-electron chi connectivity index (χ4n) is 4.01. The molecule has 0 bridgehead atoms. The second-order valence-corrected chi connectivity index (χ2v) is 7.90. The highest BCUT2D eigenvalue weighted by Gasteiger charge is 2.27. The summed E-state index contributed by atoms with van der Waals surface area (Å²) in [6, 6.07) is 18.9. The lowest BCUT2D eigenvalue weighted by atomic mass is 9.96. The Morgan fingerprint density at radius 1 is 1.03 bits per heavy atom. The summed E-state index contributed by atoms with van der Waals surface area (Å²) in [5, 5.41) is 11.8.